The number of pyridine rings is 1. The van der Waals surface area contributed by atoms with Gasteiger partial charge in [0.15, 0.2) is 0 Å². The van der Waals surface area contributed by atoms with E-state index in [0.29, 0.717) is 0 Å². The van der Waals surface area contributed by atoms with E-state index in [-0.39, 0.29) is 0 Å². The van der Waals surface area contributed by atoms with Crippen LogP contribution in [0.15, 0.2) is 66.3 Å². The Morgan fingerprint density at radius 3 is 2.65 bits per heavy atom. The maximum Gasteiger partial charge on any atom is 0.0312 e. The lowest BCUT2D eigenvalue weighted by atomic mass is 10.1. The molecule has 0 saturated heterocycles. The largest absolute Gasteiger partial charge is 0.308 e. The van der Waals surface area contributed by atoms with Gasteiger partial charge in [-0.15, -0.1) is 11.3 Å². The maximum absolute atomic E-state index is 4.12. The second-order valence-corrected chi connectivity index (χ2v) is 5.63. The Morgan fingerprint density at radius 1 is 0.950 bits per heavy atom. The first-order valence-corrected chi connectivity index (χ1v) is 7.52. The van der Waals surface area contributed by atoms with Gasteiger partial charge in [-0.05, 0) is 34.2 Å². The third-order valence-electron chi connectivity index (χ3n) is 3.11. The van der Waals surface area contributed by atoms with Crippen molar-refractivity contribution in [3.8, 4) is 11.1 Å². The third-order valence-corrected chi connectivity index (χ3v) is 4.05. The SMILES string of the molecule is c1ccc(-c2csc(CNCc3cccnc3)c2)cc1. The van der Waals surface area contributed by atoms with Crippen LogP contribution in [-0.2, 0) is 13.1 Å². The number of thiophene rings is 1. The fourth-order valence-corrected chi connectivity index (χ4v) is 2.95. The summed E-state index contributed by atoms with van der Waals surface area (Å²) < 4.78 is 0. The Kier molecular flexibility index (Phi) is 4.21. The van der Waals surface area contributed by atoms with Gasteiger partial charge in [0.05, 0.1) is 0 Å². The van der Waals surface area contributed by atoms with Crippen molar-refractivity contribution in [1.29, 1.82) is 0 Å². The zero-order valence-corrected chi connectivity index (χ0v) is 11.9. The number of nitrogens with one attached hydrogen (secondary N) is 1. The predicted molar refractivity (Wildman–Crippen MR) is 84.5 cm³/mol. The summed E-state index contributed by atoms with van der Waals surface area (Å²) in [5.74, 6) is 0. The van der Waals surface area contributed by atoms with Crippen molar-refractivity contribution < 1.29 is 0 Å². The first-order valence-electron chi connectivity index (χ1n) is 6.64. The Labute approximate surface area is 123 Å². The number of aromatic nitrogens is 1. The van der Waals surface area contributed by atoms with Gasteiger partial charge >= 0.3 is 0 Å². The summed E-state index contributed by atoms with van der Waals surface area (Å²) in [6, 6.07) is 16.8. The molecule has 0 aliphatic rings. The molecule has 1 N–H and O–H groups in total. The zero-order chi connectivity index (χ0) is 13.6. The molecule has 2 nitrogen and oxygen atoms in total. The minimum Gasteiger partial charge on any atom is -0.308 e. The third kappa shape index (κ3) is 3.32. The Hall–Kier alpha value is -1.97. The van der Waals surface area contributed by atoms with Gasteiger partial charge < -0.3 is 5.32 Å². The van der Waals surface area contributed by atoms with E-state index >= 15 is 0 Å². The molecule has 2 heterocycles. The van der Waals surface area contributed by atoms with Gasteiger partial charge in [0.25, 0.3) is 0 Å². The van der Waals surface area contributed by atoms with E-state index < -0.39 is 0 Å². The first-order chi connectivity index (χ1) is 9.92. The minimum absolute atomic E-state index is 0.854. The Bertz CT molecular complexity index is 647. The smallest absolute Gasteiger partial charge is 0.0312 e. The van der Waals surface area contributed by atoms with Gasteiger partial charge in [0.2, 0.25) is 0 Å². The number of nitrogens with zero attached hydrogens (tertiary/aromatic N) is 1. The molecular weight excluding hydrogens is 264 g/mol. The average molecular weight is 280 g/mol. The lowest BCUT2D eigenvalue weighted by Gasteiger charge is -2.02. The molecule has 0 unspecified atom stereocenters. The second-order valence-electron chi connectivity index (χ2n) is 4.63. The molecule has 0 bridgehead atoms. The van der Waals surface area contributed by atoms with Crippen LogP contribution in [0.4, 0.5) is 0 Å². The van der Waals surface area contributed by atoms with Crippen LogP contribution in [-0.4, -0.2) is 4.98 Å². The quantitative estimate of drug-likeness (QED) is 0.761. The van der Waals surface area contributed by atoms with E-state index in [1.54, 1.807) is 17.5 Å². The van der Waals surface area contributed by atoms with Gasteiger partial charge in [0, 0.05) is 30.4 Å². The highest BCUT2D eigenvalue weighted by atomic mass is 32.1. The van der Waals surface area contributed by atoms with Gasteiger partial charge in [-0.3, -0.25) is 4.98 Å². The second kappa shape index (κ2) is 6.46. The van der Waals surface area contributed by atoms with Crippen molar-refractivity contribution in [2.45, 2.75) is 13.1 Å². The zero-order valence-electron chi connectivity index (χ0n) is 11.1. The fourth-order valence-electron chi connectivity index (χ4n) is 2.09. The van der Waals surface area contributed by atoms with E-state index in [1.165, 1.54) is 21.6 Å². The fraction of sp³-hybridized carbons (Fsp3) is 0.118. The molecule has 2 aromatic heterocycles. The summed E-state index contributed by atoms with van der Waals surface area (Å²) in [7, 11) is 0. The molecule has 0 spiro atoms. The Balaban J connectivity index is 1.58. The molecule has 0 aliphatic heterocycles. The molecule has 20 heavy (non-hydrogen) atoms. The highest BCUT2D eigenvalue weighted by Gasteiger charge is 2.02. The molecule has 3 aromatic rings. The van der Waals surface area contributed by atoms with Gasteiger partial charge in [-0.2, -0.15) is 0 Å². The maximum atomic E-state index is 4.12. The number of rotatable bonds is 5. The van der Waals surface area contributed by atoms with Crippen molar-refractivity contribution in [2.24, 2.45) is 0 Å². The molecule has 3 rings (SSSR count). The minimum atomic E-state index is 0.854. The standard InChI is InChI=1S/C17H16N2S/c1-2-6-15(7-3-1)16-9-17(20-13-16)12-19-11-14-5-4-8-18-10-14/h1-10,13,19H,11-12H2. The van der Waals surface area contributed by atoms with Crippen LogP contribution in [0, 0.1) is 0 Å². The van der Waals surface area contributed by atoms with E-state index in [1.807, 2.05) is 18.3 Å². The molecule has 3 heteroatoms. The monoisotopic (exact) mass is 280 g/mol. The number of hydrogen-bond donors (Lipinski definition) is 1. The van der Waals surface area contributed by atoms with Crippen LogP contribution in [0.2, 0.25) is 0 Å². The van der Waals surface area contributed by atoms with Gasteiger partial charge in [-0.25, -0.2) is 0 Å². The van der Waals surface area contributed by atoms with Crippen LogP contribution < -0.4 is 5.32 Å². The Morgan fingerprint density at radius 2 is 1.85 bits per heavy atom. The van der Waals surface area contributed by atoms with E-state index in [0.717, 1.165) is 13.1 Å². The molecule has 0 aliphatic carbocycles. The van der Waals surface area contributed by atoms with Crippen molar-refractivity contribution in [2.75, 3.05) is 0 Å². The van der Waals surface area contributed by atoms with Crippen molar-refractivity contribution in [3.05, 3.63) is 76.7 Å². The lowest BCUT2D eigenvalue weighted by molar-refractivity contribution is 0.699. The first kappa shape index (κ1) is 13.0. The predicted octanol–water partition coefficient (Wildman–Crippen LogP) is 4.10. The van der Waals surface area contributed by atoms with E-state index in [2.05, 4.69) is 52.1 Å². The van der Waals surface area contributed by atoms with Crippen LogP contribution in [0.1, 0.15) is 10.4 Å². The van der Waals surface area contributed by atoms with E-state index in [9.17, 15) is 0 Å². The van der Waals surface area contributed by atoms with Crippen LogP contribution >= 0.6 is 11.3 Å². The average Bonchev–Trinajstić information content (AvgIpc) is 2.98. The molecule has 0 fully saturated rings. The summed E-state index contributed by atoms with van der Waals surface area (Å²) in [5, 5.41) is 5.67. The summed E-state index contributed by atoms with van der Waals surface area (Å²) in [6.07, 6.45) is 3.70. The highest BCUT2D eigenvalue weighted by Crippen LogP contribution is 2.25. The molecule has 100 valence electrons. The number of benzene rings is 1. The highest BCUT2D eigenvalue weighted by molar-refractivity contribution is 7.10. The normalized spacial score (nSPS) is 10.6. The van der Waals surface area contributed by atoms with Crippen molar-refractivity contribution >= 4 is 11.3 Å². The van der Waals surface area contributed by atoms with Crippen molar-refractivity contribution in [3.63, 3.8) is 0 Å². The molecule has 0 atom stereocenters. The van der Waals surface area contributed by atoms with Gasteiger partial charge in [0.1, 0.15) is 0 Å². The summed E-state index contributed by atoms with van der Waals surface area (Å²) in [5.41, 5.74) is 3.79. The lowest BCUT2D eigenvalue weighted by Crippen LogP contribution is -2.11. The van der Waals surface area contributed by atoms with Crippen LogP contribution in [0.5, 0.6) is 0 Å². The molecule has 0 radical (unpaired) electrons. The summed E-state index contributed by atoms with van der Waals surface area (Å²) in [6.45, 7) is 1.75. The topological polar surface area (TPSA) is 24.9 Å². The molecule has 0 amide bonds. The summed E-state index contributed by atoms with van der Waals surface area (Å²) in [4.78, 5) is 5.47. The molecular formula is C17H16N2S. The summed E-state index contributed by atoms with van der Waals surface area (Å²) >= 11 is 1.80. The molecule has 0 saturated carbocycles. The van der Waals surface area contributed by atoms with Crippen LogP contribution in [0.3, 0.4) is 0 Å². The van der Waals surface area contributed by atoms with E-state index in [4.69, 9.17) is 0 Å². The molecule has 1 aromatic carbocycles. The number of hydrogen-bond acceptors (Lipinski definition) is 3. The van der Waals surface area contributed by atoms with Crippen molar-refractivity contribution in [1.82, 2.24) is 10.3 Å². The van der Waals surface area contributed by atoms with Crippen LogP contribution in [0.25, 0.3) is 11.1 Å². The van der Waals surface area contributed by atoms with Gasteiger partial charge in [-0.1, -0.05) is 36.4 Å².